The van der Waals surface area contributed by atoms with Crippen LogP contribution >= 0.6 is 27.5 Å². The van der Waals surface area contributed by atoms with Crippen LogP contribution in [0.15, 0.2) is 54.6 Å². The zero-order valence-corrected chi connectivity index (χ0v) is 24.1. The largest absolute Gasteiger partial charge is 0.481 e. The van der Waals surface area contributed by atoms with E-state index in [2.05, 4.69) is 28.2 Å². The number of hydrogen-bond acceptors (Lipinski definition) is 3. The van der Waals surface area contributed by atoms with E-state index >= 15 is 0 Å². The predicted molar refractivity (Wildman–Crippen MR) is 154 cm³/mol. The van der Waals surface area contributed by atoms with Crippen molar-refractivity contribution in [3.63, 3.8) is 0 Å². The van der Waals surface area contributed by atoms with Gasteiger partial charge in [0.2, 0.25) is 5.78 Å². The molecule has 0 spiro atoms. The first-order valence-electron chi connectivity index (χ1n) is 12.9. The second-order valence-electron chi connectivity index (χ2n) is 9.08. The van der Waals surface area contributed by atoms with Crippen molar-refractivity contribution in [2.24, 2.45) is 5.92 Å². The number of aliphatic carboxylic acids is 1. The molecule has 5 nitrogen and oxygen atoms in total. The SMILES string of the molecule is C1CCNCC1.CBr.CCC1CC[NH+](CC(=O)c2ccc(Cl)cc2)CC1.O=C(O)Cc1ccccc1. The van der Waals surface area contributed by atoms with Crippen molar-refractivity contribution in [3.05, 3.63) is 70.7 Å². The number of benzene rings is 2. The summed E-state index contributed by atoms with van der Waals surface area (Å²) in [4.78, 5) is 23.7. The van der Waals surface area contributed by atoms with Crippen LogP contribution in [0.25, 0.3) is 0 Å². The fraction of sp³-hybridized carbons (Fsp3) is 0.517. The molecule has 2 aromatic rings. The highest BCUT2D eigenvalue weighted by atomic mass is 79.9. The van der Waals surface area contributed by atoms with Gasteiger partial charge in [-0.2, -0.15) is 0 Å². The molecule has 2 heterocycles. The molecule has 0 bridgehead atoms. The number of halogens is 2. The highest BCUT2D eigenvalue weighted by Gasteiger charge is 2.23. The van der Waals surface area contributed by atoms with E-state index in [9.17, 15) is 9.59 Å². The maximum Gasteiger partial charge on any atom is 0.307 e. The first-order valence-corrected chi connectivity index (χ1v) is 14.9. The van der Waals surface area contributed by atoms with E-state index in [-0.39, 0.29) is 12.2 Å². The lowest BCUT2D eigenvalue weighted by atomic mass is 9.94. The maximum atomic E-state index is 12.1. The van der Waals surface area contributed by atoms with Crippen LogP contribution in [-0.2, 0) is 11.2 Å². The second kappa shape index (κ2) is 20.3. The van der Waals surface area contributed by atoms with Gasteiger partial charge < -0.3 is 15.3 Å². The van der Waals surface area contributed by atoms with E-state index in [1.807, 2.05) is 36.2 Å². The highest BCUT2D eigenvalue weighted by molar-refractivity contribution is 9.08. The van der Waals surface area contributed by atoms with Crippen LogP contribution in [0, 0.1) is 5.92 Å². The lowest BCUT2D eigenvalue weighted by molar-refractivity contribution is -0.897. The molecule has 4 rings (SSSR count). The number of rotatable bonds is 6. The van der Waals surface area contributed by atoms with Gasteiger partial charge >= 0.3 is 5.97 Å². The average molecular weight is 583 g/mol. The standard InChI is InChI=1S/C15H20ClNO.C8H8O2.C5H11N.CH3Br/c1-2-12-7-9-17(10-8-12)11-15(18)13-3-5-14(16)6-4-13;9-8(10)6-7-4-2-1-3-5-7;1-2-4-6-5-3-1;1-2/h3-6,12H,2,7-11H2,1H3;1-5H,6H2,(H,9,10);6H,1-5H2;1H3/p+1. The normalized spacial score (nSPS) is 18.7. The highest BCUT2D eigenvalue weighted by Crippen LogP contribution is 2.13. The summed E-state index contributed by atoms with van der Waals surface area (Å²) in [5, 5.41) is 12.3. The molecule has 2 fully saturated rings. The summed E-state index contributed by atoms with van der Waals surface area (Å²) in [6.45, 7) is 7.66. The summed E-state index contributed by atoms with van der Waals surface area (Å²) < 4.78 is 0. The fourth-order valence-corrected chi connectivity index (χ4v) is 4.33. The number of hydrogen-bond donors (Lipinski definition) is 3. The molecule has 0 amide bonds. The topological polar surface area (TPSA) is 70.8 Å². The van der Waals surface area contributed by atoms with Crippen molar-refractivity contribution in [3.8, 4) is 0 Å². The van der Waals surface area contributed by atoms with Gasteiger partial charge in [-0.15, -0.1) is 0 Å². The first kappa shape index (κ1) is 32.3. The summed E-state index contributed by atoms with van der Waals surface area (Å²) in [5.41, 5.74) is 1.62. The average Bonchev–Trinajstić information content (AvgIpc) is 2.92. The Morgan fingerprint density at radius 3 is 2.00 bits per heavy atom. The number of nitrogens with one attached hydrogen (secondary N) is 2. The second-order valence-corrected chi connectivity index (χ2v) is 9.51. The minimum absolute atomic E-state index is 0.112. The Kier molecular flexibility index (Phi) is 18.3. The summed E-state index contributed by atoms with van der Waals surface area (Å²) in [6.07, 6.45) is 8.13. The lowest BCUT2D eigenvalue weighted by Gasteiger charge is -2.28. The number of quaternary nitrogens is 1. The predicted octanol–water partition coefficient (Wildman–Crippen LogP) is 5.31. The molecule has 0 saturated carbocycles. The third kappa shape index (κ3) is 14.7. The molecular weight excluding hydrogens is 540 g/mol. The molecule has 7 heteroatoms. The zero-order chi connectivity index (χ0) is 26.6. The van der Waals surface area contributed by atoms with Gasteiger partial charge in [-0.05, 0) is 80.4 Å². The number of carbonyl (C=O) groups is 2. The summed E-state index contributed by atoms with van der Waals surface area (Å²) in [5.74, 6) is 2.13. The van der Waals surface area contributed by atoms with Crippen molar-refractivity contribution >= 4 is 39.3 Å². The number of carboxylic acid groups (broad SMARTS) is 1. The van der Waals surface area contributed by atoms with E-state index in [4.69, 9.17) is 16.7 Å². The number of likely N-dealkylation sites (tertiary alicyclic amines) is 1. The minimum atomic E-state index is -0.786. The minimum Gasteiger partial charge on any atom is -0.481 e. The van der Waals surface area contributed by atoms with E-state index in [1.165, 1.54) is 56.5 Å². The molecule has 0 radical (unpaired) electrons. The quantitative estimate of drug-likeness (QED) is 0.319. The van der Waals surface area contributed by atoms with Crippen LogP contribution in [-0.4, -0.2) is 55.4 Å². The summed E-state index contributed by atoms with van der Waals surface area (Å²) in [7, 11) is 0. The van der Waals surface area contributed by atoms with Crippen molar-refractivity contribution in [1.29, 1.82) is 0 Å². The summed E-state index contributed by atoms with van der Waals surface area (Å²) in [6, 6.07) is 16.3. The van der Waals surface area contributed by atoms with Gasteiger partial charge in [0.15, 0.2) is 0 Å². The number of piperidine rings is 2. The van der Waals surface area contributed by atoms with Gasteiger partial charge in [0.1, 0.15) is 6.54 Å². The van der Waals surface area contributed by atoms with E-state index in [0.29, 0.717) is 11.6 Å². The van der Waals surface area contributed by atoms with E-state index in [0.717, 1.165) is 30.1 Å². The molecule has 2 aromatic carbocycles. The molecule has 0 aliphatic carbocycles. The number of carboxylic acids is 1. The van der Waals surface area contributed by atoms with E-state index in [1.54, 1.807) is 24.3 Å². The third-order valence-electron chi connectivity index (χ3n) is 6.37. The van der Waals surface area contributed by atoms with Gasteiger partial charge in [-0.25, -0.2) is 0 Å². The Hall–Kier alpha value is -1.73. The fourth-order valence-electron chi connectivity index (χ4n) is 4.21. The molecule has 36 heavy (non-hydrogen) atoms. The molecule has 2 aliphatic heterocycles. The lowest BCUT2D eigenvalue weighted by Crippen LogP contribution is -3.13. The van der Waals surface area contributed by atoms with Gasteiger partial charge in [-0.1, -0.05) is 77.6 Å². The van der Waals surface area contributed by atoms with Crippen molar-refractivity contribution < 1.29 is 19.6 Å². The zero-order valence-electron chi connectivity index (χ0n) is 21.8. The van der Waals surface area contributed by atoms with Crippen LogP contribution in [0.2, 0.25) is 5.02 Å². The Balaban J connectivity index is 0.000000301. The maximum absolute atomic E-state index is 12.1. The van der Waals surface area contributed by atoms with Crippen LogP contribution < -0.4 is 10.2 Å². The Labute approximate surface area is 230 Å². The number of carbonyl (C=O) groups excluding carboxylic acids is 1. The Morgan fingerprint density at radius 1 is 0.972 bits per heavy atom. The van der Waals surface area contributed by atoms with Gasteiger partial charge in [0.25, 0.3) is 0 Å². The molecule has 3 N–H and O–H groups in total. The molecule has 0 unspecified atom stereocenters. The number of ketones is 1. The number of alkyl halides is 1. The molecule has 2 saturated heterocycles. The molecule has 200 valence electrons. The first-order chi connectivity index (χ1) is 17.5. The smallest absolute Gasteiger partial charge is 0.307 e. The van der Waals surface area contributed by atoms with Crippen LogP contribution in [0.4, 0.5) is 0 Å². The number of Topliss-reactive ketones (excluding diaryl/α,β-unsaturated/α-hetero) is 1. The Bertz CT molecular complexity index is 826. The third-order valence-corrected chi connectivity index (χ3v) is 6.62. The van der Waals surface area contributed by atoms with Gasteiger partial charge in [0.05, 0.1) is 19.5 Å². The van der Waals surface area contributed by atoms with E-state index < -0.39 is 5.97 Å². The van der Waals surface area contributed by atoms with Crippen LogP contribution in [0.5, 0.6) is 0 Å². The van der Waals surface area contributed by atoms with Crippen molar-refractivity contribution in [2.45, 2.75) is 51.9 Å². The molecule has 2 aliphatic rings. The van der Waals surface area contributed by atoms with Crippen LogP contribution in [0.3, 0.4) is 0 Å². The molecule has 0 aromatic heterocycles. The van der Waals surface area contributed by atoms with Gasteiger partial charge in [-0.3, -0.25) is 9.59 Å². The van der Waals surface area contributed by atoms with Gasteiger partial charge in [0, 0.05) is 10.6 Å². The Morgan fingerprint density at radius 2 is 1.56 bits per heavy atom. The van der Waals surface area contributed by atoms with Crippen molar-refractivity contribution in [1.82, 2.24) is 5.32 Å². The molecular formula is C29H43BrClN2O3+. The van der Waals surface area contributed by atoms with Crippen molar-refractivity contribution in [2.75, 3.05) is 38.6 Å². The summed E-state index contributed by atoms with van der Waals surface area (Å²) >= 11 is 8.76. The monoisotopic (exact) mass is 581 g/mol. The van der Waals surface area contributed by atoms with Crippen LogP contribution in [0.1, 0.15) is 61.4 Å². The molecule has 0 atom stereocenters.